The molecule has 0 bridgehead atoms. The van der Waals surface area contributed by atoms with Gasteiger partial charge in [-0.3, -0.25) is 9.59 Å². The normalized spacial score (nSPS) is 13.7. The van der Waals surface area contributed by atoms with Crippen LogP contribution in [0.1, 0.15) is 43.5 Å². The summed E-state index contributed by atoms with van der Waals surface area (Å²) in [5, 5.41) is 2.74. The maximum Gasteiger partial charge on any atom is 0.339 e. The maximum absolute atomic E-state index is 12.3. The van der Waals surface area contributed by atoms with Crippen LogP contribution < -0.4 is 5.32 Å². The third-order valence-corrected chi connectivity index (χ3v) is 5.35. The van der Waals surface area contributed by atoms with Crippen molar-refractivity contribution in [2.75, 3.05) is 32.0 Å². The second-order valence-corrected chi connectivity index (χ2v) is 8.00. The van der Waals surface area contributed by atoms with Crippen molar-refractivity contribution >= 4 is 29.5 Å². The Morgan fingerprint density at radius 1 is 1.19 bits per heavy atom. The molecule has 0 radical (unpaired) electrons. The van der Waals surface area contributed by atoms with E-state index in [2.05, 4.69) is 19.2 Å². The molecule has 1 aromatic rings. The highest BCUT2D eigenvalue weighted by molar-refractivity contribution is 8.00. The molecule has 0 aliphatic carbocycles. The van der Waals surface area contributed by atoms with Gasteiger partial charge in [0, 0.05) is 24.5 Å². The van der Waals surface area contributed by atoms with Crippen molar-refractivity contribution in [3.8, 4) is 0 Å². The van der Waals surface area contributed by atoms with Crippen LogP contribution in [-0.4, -0.2) is 54.7 Å². The first-order valence-corrected chi connectivity index (χ1v) is 10.4. The standard InChI is InChI=1S/C20H28N2O4S/c1-15(2)9-10-21-18(23)13-26-20(25)16-7-3-4-8-17(16)27-14-19(24)22-11-5-6-12-22/h3-4,7-8,15H,5-6,9-14H2,1-2H3,(H,21,23). The highest BCUT2D eigenvalue weighted by Crippen LogP contribution is 2.24. The smallest absolute Gasteiger partial charge is 0.339 e. The molecule has 1 heterocycles. The Morgan fingerprint density at radius 2 is 1.89 bits per heavy atom. The summed E-state index contributed by atoms with van der Waals surface area (Å²) in [5.74, 6) is 0.0225. The summed E-state index contributed by atoms with van der Waals surface area (Å²) in [6.45, 7) is 6.05. The van der Waals surface area contributed by atoms with Gasteiger partial charge in [-0.15, -0.1) is 11.8 Å². The largest absolute Gasteiger partial charge is 0.452 e. The number of amides is 2. The Hall–Kier alpha value is -2.02. The Balaban J connectivity index is 1.83. The van der Waals surface area contributed by atoms with Gasteiger partial charge in [-0.1, -0.05) is 26.0 Å². The molecule has 1 aliphatic heterocycles. The molecule has 0 spiro atoms. The Kier molecular flexibility index (Phi) is 8.64. The van der Waals surface area contributed by atoms with Crippen LogP contribution in [0.4, 0.5) is 0 Å². The molecule has 0 unspecified atom stereocenters. The van der Waals surface area contributed by atoms with Crippen molar-refractivity contribution in [3.63, 3.8) is 0 Å². The van der Waals surface area contributed by atoms with Gasteiger partial charge in [0.05, 0.1) is 11.3 Å². The first-order chi connectivity index (χ1) is 13.0. The molecule has 1 aliphatic rings. The third kappa shape index (κ3) is 7.25. The minimum atomic E-state index is -0.550. The lowest BCUT2D eigenvalue weighted by molar-refractivity contribution is -0.127. The van der Waals surface area contributed by atoms with E-state index in [4.69, 9.17) is 4.74 Å². The highest BCUT2D eigenvalue weighted by Gasteiger charge is 2.20. The number of esters is 1. The van der Waals surface area contributed by atoms with E-state index in [-0.39, 0.29) is 18.4 Å². The number of benzene rings is 1. The second kappa shape index (κ2) is 11.0. The highest BCUT2D eigenvalue weighted by atomic mass is 32.2. The molecule has 1 fully saturated rings. The first kappa shape index (κ1) is 21.3. The predicted molar refractivity (Wildman–Crippen MR) is 106 cm³/mol. The summed E-state index contributed by atoms with van der Waals surface area (Å²) in [4.78, 5) is 38.9. The fourth-order valence-corrected chi connectivity index (χ4v) is 3.66. The number of nitrogens with one attached hydrogen (secondary N) is 1. The number of hydrogen-bond acceptors (Lipinski definition) is 5. The summed E-state index contributed by atoms with van der Waals surface area (Å²) in [6.07, 6.45) is 2.99. The number of likely N-dealkylation sites (tertiary alicyclic amines) is 1. The maximum atomic E-state index is 12.3. The van der Waals surface area contributed by atoms with Crippen molar-refractivity contribution < 1.29 is 19.1 Å². The Morgan fingerprint density at radius 3 is 2.59 bits per heavy atom. The van der Waals surface area contributed by atoms with Crippen molar-refractivity contribution in [1.29, 1.82) is 0 Å². The lowest BCUT2D eigenvalue weighted by atomic mass is 10.1. The summed E-state index contributed by atoms with van der Waals surface area (Å²) < 4.78 is 5.14. The number of hydrogen-bond donors (Lipinski definition) is 1. The fourth-order valence-electron chi connectivity index (χ4n) is 2.72. The van der Waals surface area contributed by atoms with Crippen molar-refractivity contribution in [2.45, 2.75) is 38.0 Å². The van der Waals surface area contributed by atoms with Gasteiger partial charge in [0.25, 0.3) is 5.91 Å². The molecule has 7 heteroatoms. The molecular formula is C20H28N2O4S. The second-order valence-electron chi connectivity index (χ2n) is 6.98. The molecule has 0 saturated carbocycles. The van der Waals surface area contributed by atoms with Gasteiger partial charge in [-0.25, -0.2) is 4.79 Å². The average molecular weight is 393 g/mol. The Bertz CT molecular complexity index is 657. The number of rotatable bonds is 9. The zero-order valence-corrected chi connectivity index (χ0v) is 16.8. The summed E-state index contributed by atoms with van der Waals surface area (Å²) in [7, 11) is 0. The molecule has 148 valence electrons. The van der Waals surface area contributed by atoms with Gasteiger partial charge in [-0.05, 0) is 37.3 Å². The van der Waals surface area contributed by atoms with Crippen LogP contribution in [0.5, 0.6) is 0 Å². The van der Waals surface area contributed by atoms with Crippen molar-refractivity contribution in [2.24, 2.45) is 5.92 Å². The van der Waals surface area contributed by atoms with Crippen LogP contribution in [0, 0.1) is 5.92 Å². The van der Waals surface area contributed by atoms with Crippen molar-refractivity contribution in [1.82, 2.24) is 10.2 Å². The summed E-state index contributed by atoms with van der Waals surface area (Å²) in [5.41, 5.74) is 0.381. The molecule has 6 nitrogen and oxygen atoms in total. The lowest BCUT2D eigenvalue weighted by Gasteiger charge is -2.15. The molecule has 0 aromatic heterocycles. The number of carbonyl (C=O) groups excluding carboxylic acids is 3. The minimum absolute atomic E-state index is 0.0881. The van der Waals surface area contributed by atoms with Gasteiger partial charge in [0.1, 0.15) is 0 Å². The quantitative estimate of drug-likeness (QED) is 0.517. The molecule has 0 atom stereocenters. The van der Waals surface area contributed by atoms with Gasteiger partial charge < -0.3 is 15.0 Å². The first-order valence-electron chi connectivity index (χ1n) is 9.40. The Labute approximate surface area is 165 Å². The lowest BCUT2D eigenvalue weighted by Crippen LogP contribution is -2.30. The summed E-state index contributed by atoms with van der Waals surface area (Å²) >= 11 is 1.33. The predicted octanol–water partition coefficient (Wildman–Crippen LogP) is 2.72. The van der Waals surface area contributed by atoms with Gasteiger partial charge in [0.15, 0.2) is 6.61 Å². The molecule has 27 heavy (non-hydrogen) atoms. The third-order valence-electron chi connectivity index (χ3n) is 4.30. The number of carbonyl (C=O) groups is 3. The van der Waals surface area contributed by atoms with Crippen LogP contribution >= 0.6 is 11.8 Å². The molecule has 2 amide bonds. The van der Waals surface area contributed by atoms with Crippen LogP contribution in [0.2, 0.25) is 0 Å². The van der Waals surface area contributed by atoms with Gasteiger partial charge >= 0.3 is 5.97 Å². The number of thioether (sulfide) groups is 1. The van der Waals surface area contributed by atoms with E-state index >= 15 is 0 Å². The molecule has 2 rings (SSSR count). The van der Waals surface area contributed by atoms with E-state index in [1.807, 2.05) is 11.0 Å². The molecule has 1 aromatic carbocycles. The SMILES string of the molecule is CC(C)CCNC(=O)COC(=O)c1ccccc1SCC(=O)N1CCCC1. The van der Waals surface area contributed by atoms with Crippen LogP contribution in [0.3, 0.4) is 0 Å². The van der Waals surface area contributed by atoms with Crippen LogP contribution in [0.25, 0.3) is 0 Å². The average Bonchev–Trinajstić information content (AvgIpc) is 3.19. The summed E-state index contributed by atoms with van der Waals surface area (Å²) in [6, 6.07) is 7.01. The van der Waals surface area contributed by atoms with E-state index in [0.717, 1.165) is 32.4 Å². The van der Waals surface area contributed by atoms with Crippen molar-refractivity contribution in [3.05, 3.63) is 29.8 Å². The van der Waals surface area contributed by atoms with E-state index in [9.17, 15) is 14.4 Å². The van der Waals surface area contributed by atoms with Gasteiger partial charge in [-0.2, -0.15) is 0 Å². The molecular weight excluding hydrogens is 364 g/mol. The van der Waals surface area contributed by atoms with E-state index < -0.39 is 5.97 Å². The molecule has 1 saturated heterocycles. The van der Waals surface area contributed by atoms with Gasteiger partial charge in [0.2, 0.25) is 5.91 Å². The zero-order valence-electron chi connectivity index (χ0n) is 16.0. The molecule has 1 N–H and O–H groups in total. The number of ether oxygens (including phenoxy) is 1. The van der Waals surface area contributed by atoms with E-state index in [1.54, 1.807) is 18.2 Å². The fraction of sp³-hybridized carbons (Fsp3) is 0.550. The number of nitrogens with zero attached hydrogens (tertiary/aromatic N) is 1. The zero-order chi connectivity index (χ0) is 19.6. The topological polar surface area (TPSA) is 75.7 Å². The van der Waals surface area contributed by atoms with E-state index in [0.29, 0.717) is 28.7 Å². The monoisotopic (exact) mass is 392 g/mol. The van der Waals surface area contributed by atoms with Crippen LogP contribution in [0.15, 0.2) is 29.2 Å². The van der Waals surface area contributed by atoms with Crippen LogP contribution in [-0.2, 0) is 14.3 Å². The van der Waals surface area contributed by atoms with E-state index in [1.165, 1.54) is 11.8 Å². The minimum Gasteiger partial charge on any atom is -0.452 e.